The SMILES string of the molecule is Cn1c(Nc2cc(C(F)(F)F)ccc2F)nc2cc(Oc3ccnc(CC(=O)C4CCCO4)c3)ccc21. The molecule has 4 aromatic rings. The summed E-state index contributed by atoms with van der Waals surface area (Å²) in [6.45, 7) is 0.592. The second kappa shape index (κ2) is 9.81. The minimum atomic E-state index is -4.60. The maximum absolute atomic E-state index is 14.2. The second-order valence-corrected chi connectivity index (χ2v) is 8.69. The zero-order chi connectivity index (χ0) is 26.2. The molecule has 1 aliphatic rings. The number of pyridine rings is 1. The van der Waals surface area contributed by atoms with Crippen LogP contribution in [0.1, 0.15) is 24.1 Å². The van der Waals surface area contributed by atoms with E-state index in [9.17, 15) is 22.4 Å². The fourth-order valence-corrected chi connectivity index (χ4v) is 4.15. The van der Waals surface area contributed by atoms with Gasteiger partial charge in [0, 0.05) is 32.0 Å². The third-order valence-corrected chi connectivity index (χ3v) is 6.06. The monoisotopic (exact) mass is 514 g/mol. The van der Waals surface area contributed by atoms with Crippen molar-refractivity contribution in [2.75, 3.05) is 11.9 Å². The highest BCUT2D eigenvalue weighted by Crippen LogP contribution is 2.33. The number of hydrogen-bond donors (Lipinski definition) is 1. The van der Waals surface area contributed by atoms with Gasteiger partial charge < -0.3 is 19.4 Å². The van der Waals surface area contributed by atoms with Crippen molar-refractivity contribution < 1.29 is 31.8 Å². The molecular weight excluding hydrogens is 492 g/mol. The highest BCUT2D eigenvalue weighted by atomic mass is 19.4. The number of nitrogens with one attached hydrogen (secondary N) is 1. The lowest BCUT2D eigenvalue weighted by atomic mass is 10.1. The molecule has 0 spiro atoms. The quantitative estimate of drug-likeness (QED) is 0.307. The number of benzene rings is 2. The van der Waals surface area contributed by atoms with Crippen molar-refractivity contribution in [3.63, 3.8) is 0 Å². The van der Waals surface area contributed by atoms with Crippen LogP contribution >= 0.6 is 0 Å². The smallest absolute Gasteiger partial charge is 0.416 e. The first-order chi connectivity index (χ1) is 17.7. The Hall–Kier alpha value is -3.99. The van der Waals surface area contributed by atoms with Gasteiger partial charge in [-0.15, -0.1) is 0 Å². The molecule has 2 aromatic carbocycles. The Morgan fingerprint density at radius 3 is 2.73 bits per heavy atom. The van der Waals surface area contributed by atoms with Crippen molar-refractivity contribution in [3.8, 4) is 11.5 Å². The zero-order valence-electron chi connectivity index (χ0n) is 19.7. The highest BCUT2D eigenvalue weighted by molar-refractivity contribution is 5.85. The normalized spacial score (nSPS) is 15.8. The zero-order valence-corrected chi connectivity index (χ0v) is 19.7. The summed E-state index contributed by atoms with van der Waals surface area (Å²) in [6.07, 6.45) is -1.70. The third-order valence-electron chi connectivity index (χ3n) is 6.06. The van der Waals surface area contributed by atoms with Crippen LogP contribution in [0.25, 0.3) is 11.0 Å². The number of nitrogens with zero attached hydrogens (tertiary/aromatic N) is 3. The lowest BCUT2D eigenvalue weighted by Crippen LogP contribution is -2.21. The number of rotatable bonds is 7. The van der Waals surface area contributed by atoms with Crippen LogP contribution < -0.4 is 10.1 Å². The first-order valence-corrected chi connectivity index (χ1v) is 11.5. The van der Waals surface area contributed by atoms with E-state index < -0.39 is 17.6 Å². The van der Waals surface area contributed by atoms with E-state index in [4.69, 9.17) is 9.47 Å². The molecule has 0 bridgehead atoms. The topological polar surface area (TPSA) is 78.3 Å². The fourth-order valence-electron chi connectivity index (χ4n) is 4.15. The molecule has 11 heteroatoms. The van der Waals surface area contributed by atoms with E-state index in [0.717, 1.165) is 18.9 Å². The van der Waals surface area contributed by atoms with Gasteiger partial charge in [-0.25, -0.2) is 9.37 Å². The third kappa shape index (κ3) is 5.41. The Kier molecular flexibility index (Phi) is 6.55. The van der Waals surface area contributed by atoms with E-state index in [0.29, 0.717) is 47.0 Å². The number of imidazole rings is 1. The number of hydrogen-bond acceptors (Lipinski definition) is 6. The summed E-state index contributed by atoms with van der Waals surface area (Å²) in [5.41, 5.74) is 0.385. The maximum Gasteiger partial charge on any atom is 0.416 e. The molecule has 37 heavy (non-hydrogen) atoms. The number of carbonyl (C=O) groups is 1. The van der Waals surface area contributed by atoms with Crippen molar-refractivity contribution in [1.29, 1.82) is 0 Å². The van der Waals surface area contributed by atoms with Gasteiger partial charge in [0.1, 0.15) is 23.4 Å². The number of aromatic nitrogens is 3. The lowest BCUT2D eigenvalue weighted by Gasteiger charge is -2.11. The summed E-state index contributed by atoms with van der Waals surface area (Å²) < 4.78 is 66.4. The van der Waals surface area contributed by atoms with Gasteiger partial charge in [0.15, 0.2) is 5.78 Å². The highest BCUT2D eigenvalue weighted by Gasteiger charge is 2.31. The molecule has 1 saturated heterocycles. The van der Waals surface area contributed by atoms with Crippen LogP contribution in [0.5, 0.6) is 11.5 Å². The Morgan fingerprint density at radius 2 is 1.97 bits per heavy atom. The van der Waals surface area contributed by atoms with Gasteiger partial charge in [-0.3, -0.25) is 9.78 Å². The van der Waals surface area contributed by atoms with Gasteiger partial charge in [0.05, 0.1) is 34.4 Å². The molecule has 7 nitrogen and oxygen atoms in total. The molecule has 1 fully saturated rings. The summed E-state index contributed by atoms with van der Waals surface area (Å²) in [5, 5.41) is 2.65. The number of ether oxygens (including phenoxy) is 2. The molecule has 5 rings (SSSR count). The number of halogens is 4. The first-order valence-electron chi connectivity index (χ1n) is 11.5. The molecule has 1 aliphatic heterocycles. The van der Waals surface area contributed by atoms with Gasteiger partial charge in [0.25, 0.3) is 0 Å². The van der Waals surface area contributed by atoms with Crippen LogP contribution in [0.15, 0.2) is 54.7 Å². The molecule has 192 valence electrons. The molecule has 2 aromatic heterocycles. The minimum Gasteiger partial charge on any atom is -0.457 e. The Bertz CT molecular complexity index is 1460. The number of fused-ring (bicyclic) bond motifs is 1. The molecule has 1 N–H and O–H groups in total. The fraction of sp³-hybridized carbons (Fsp3) is 0.269. The molecular formula is C26H22F4N4O3. The Balaban J connectivity index is 1.34. The molecule has 0 saturated carbocycles. The van der Waals surface area contributed by atoms with Gasteiger partial charge in [-0.2, -0.15) is 13.2 Å². The van der Waals surface area contributed by atoms with Gasteiger partial charge in [0.2, 0.25) is 5.95 Å². The number of Topliss-reactive ketones (excluding diaryl/α,β-unsaturated/α-hetero) is 1. The number of anilines is 2. The van der Waals surface area contributed by atoms with Crippen LogP contribution in [0, 0.1) is 5.82 Å². The average molecular weight is 514 g/mol. The van der Waals surface area contributed by atoms with Crippen molar-refractivity contribution in [2.24, 2.45) is 7.05 Å². The summed E-state index contributed by atoms with van der Waals surface area (Å²) in [7, 11) is 1.66. The average Bonchev–Trinajstić information content (AvgIpc) is 3.49. The molecule has 0 radical (unpaired) electrons. The lowest BCUT2D eigenvalue weighted by molar-refractivity contribution is -0.137. The molecule has 1 atom stereocenters. The summed E-state index contributed by atoms with van der Waals surface area (Å²) in [5.74, 6) is 0.226. The van der Waals surface area contributed by atoms with Crippen LogP contribution in [-0.2, 0) is 29.2 Å². The summed E-state index contributed by atoms with van der Waals surface area (Å²) in [6, 6.07) is 10.6. The van der Waals surface area contributed by atoms with E-state index in [-0.39, 0.29) is 29.9 Å². The van der Waals surface area contributed by atoms with Crippen LogP contribution in [0.4, 0.5) is 29.2 Å². The van der Waals surface area contributed by atoms with Crippen LogP contribution in [0.3, 0.4) is 0 Å². The standard InChI is InChI=1S/C26H22F4N4O3/c1-34-22-7-5-17(37-18-8-9-31-16(12-18)13-23(35)24-3-2-10-36-24)14-21(22)33-25(34)32-20-11-15(26(28,29)30)4-6-19(20)27/h4-9,11-12,14,24H,2-3,10,13H2,1H3,(H,32,33). The van der Waals surface area contributed by atoms with Crippen molar-refractivity contribution in [3.05, 3.63) is 71.8 Å². The Morgan fingerprint density at radius 1 is 1.16 bits per heavy atom. The molecule has 3 heterocycles. The van der Waals surface area contributed by atoms with Crippen molar-refractivity contribution >= 4 is 28.5 Å². The molecule has 1 unspecified atom stereocenters. The first kappa shape index (κ1) is 24.7. The summed E-state index contributed by atoms with van der Waals surface area (Å²) in [4.78, 5) is 21.0. The number of alkyl halides is 3. The second-order valence-electron chi connectivity index (χ2n) is 8.69. The van der Waals surface area contributed by atoms with Gasteiger partial charge in [-0.05, 0) is 49.2 Å². The van der Waals surface area contributed by atoms with Crippen molar-refractivity contribution in [1.82, 2.24) is 14.5 Å². The molecule has 0 aliphatic carbocycles. The maximum atomic E-state index is 14.2. The van der Waals surface area contributed by atoms with Crippen LogP contribution in [-0.4, -0.2) is 33.0 Å². The number of carbonyl (C=O) groups excluding carboxylic acids is 1. The number of ketones is 1. The number of aryl methyl sites for hydroxylation is 1. The van der Waals surface area contributed by atoms with Crippen molar-refractivity contribution in [2.45, 2.75) is 31.5 Å². The predicted octanol–water partition coefficient (Wildman–Crippen LogP) is 5.95. The molecule has 0 amide bonds. The van der Waals surface area contributed by atoms with Crippen LogP contribution in [0.2, 0.25) is 0 Å². The van der Waals surface area contributed by atoms with Gasteiger partial charge >= 0.3 is 6.18 Å². The van der Waals surface area contributed by atoms with E-state index in [1.165, 1.54) is 0 Å². The van der Waals surface area contributed by atoms with E-state index >= 15 is 0 Å². The van der Waals surface area contributed by atoms with E-state index in [2.05, 4.69) is 15.3 Å². The van der Waals surface area contributed by atoms with E-state index in [1.54, 1.807) is 48.1 Å². The van der Waals surface area contributed by atoms with E-state index in [1.807, 2.05) is 0 Å². The largest absolute Gasteiger partial charge is 0.457 e. The van der Waals surface area contributed by atoms with Gasteiger partial charge in [-0.1, -0.05) is 0 Å². The summed E-state index contributed by atoms with van der Waals surface area (Å²) >= 11 is 0. The Labute approximate surface area is 209 Å². The predicted molar refractivity (Wildman–Crippen MR) is 127 cm³/mol. The minimum absolute atomic E-state index is 0.0192.